The number of ether oxygens (including phenoxy) is 1. The van der Waals surface area contributed by atoms with Crippen LogP contribution in [0.1, 0.15) is 156 Å². The minimum absolute atomic E-state index is 0.181. The van der Waals surface area contributed by atoms with Crippen molar-refractivity contribution in [3.63, 3.8) is 0 Å². The van der Waals surface area contributed by atoms with Gasteiger partial charge in [0.1, 0.15) is 0 Å². The molecule has 0 spiro atoms. The minimum Gasteiger partial charge on any atom is -0.393 e. The molecule has 0 aromatic heterocycles. The molecule has 34 heavy (non-hydrogen) atoms. The lowest BCUT2D eigenvalue weighted by Crippen LogP contribution is -2.28. The van der Waals surface area contributed by atoms with Crippen LogP contribution in [0.15, 0.2) is 0 Å². The number of unbranched alkanes of at least 4 members (excludes halogenated alkanes) is 12. The minimum atomic E-state index is -1.64. The Morgan fingerprint density at radius 1 is 0.647 bits per heavy atom. The Balaban J connectivity index is 4.63. The van der Waals surface area contributed by atoms with E-state index in [1.54, 1.807) is 0 Å². The van der Waals surface area contributed by atoms with E-state index in [2.05, 4.69) is 25.5 Å². The molecule has 5 nitrogen and oxygen atoms in total. The molecular weight excluding hydrogens is 428 g/mol. The van der Waals surface area contributed by atoms with Gasteiger partial charge in [-0.2, -0.15) is 0 Å². The van der Waals surface area contributed by atoms with Crippen LogP contribution >= 0.6 is 0 Å². The summed E-state index contributed by atoms with van der Waals surface area (Å²) in [6, 6.07) is 0. The van der Waals surface area contributed by atoms with Crippen LogP contribution in [-0.4, -0.2) is 34.9 Å². The molecule has 0 saturated heterocycles. The lowest BCUT2D eigenvalue weighted by molar-refractivity contribution is -0.167. The van der Waals surface area contributed by atoms with Crippen LogP contribution in [0.5, 0.6) is 0 Å². The topological polar surface area (TPSA) is 83.8 Å². The van der Waals surface area contributed by atoms with Crippen molar-refractivity contribution in [1.29, 1.82) is 0 Å². The average molecular weight is 485 g/mol. The number of carbonyl (C=O) groups is 2. The highest BCUT2D eigenvalue weighted by molar-refractivity contribution is 5.87. The first-order chi connectivity index (χ1) is 16.4. The monoisotopic (exact) mass is 484 g/mol. The van der Waals surface area contributed by atoms with Crippen LogP contribution in [0.4, 0.5) is 0 Å². The molecule has 5 heteroatoms. The summed E-state index contributed by atoms with van der Waals surface area (Å²) >= 11 is 0. The van der Waals surface area contributed by atoms with Crippen LogP contribution in [0, 0.1) is 5.41 Å². The number of carbonyl (C=O) groups excluding carboxylic acids is 2. The third-order valence-electron chi connectivity index (χ3n) is 7.18. The Labute approximate surface area is 210 Å². The van der Waals surface area contributed by atoms with E-state index < -0.39 is 24.6 Å². The van der Waals surface area contributed by atoms with Gasteiger partial charge in [-0.25, -0.2) is 4.79 Å². The van der Waals surface area contributed by atoms with Gasteiger partial charge in [0.15, 0.2) is 6.10 Å². The number of hydrogen-bond donors (Lipinski definition) is 2. The molecule has 0 rings (SSSR count). The van der Waals surface area contributed by atoms with Gasteiger partial charge in [0.2, 0.25) is 0 Å². The molecule has 1 atom stereocenters. The van der Waals surface area contributed by atoms with Gasteiger partial charge in [-0.1, -0.05) is 117 Å². The molecule has 1 unspecified atom stereocenters. The highest BCUT2D eigenvalue weighted by Crippen LogP contribution is 2.42. The van der Waals surface area contributed by atoms with Gasteiger partial charge in [0.05, 0.1) is 6.61 Å². The molecule has 0 saturated carbocycles. The van der Waals surface area contributed by atoms with Gasteiger partial charge in [0, 0.05) is 6.42 Å². The fraction of sp³-hybridized carbons (Fsp3) is 0.931. The van der Waals surface area contributed by atoms with E-state index in [0.717, 1.165) is 12.8 Å². The van der Waals surface area contributed by atoms with Gasteiger partial charge < -0.3 is 14.9 Å². The maximum atomic E-state index is 11.7. The Morgan fingerprint density at radius 3 is 1.41 bits per heavy atom. The summed E-state index contributed by atoms with van der Waals surface area (Å²) < 4.78 is 4.57. The normalized spacial score (nSPS) is 12.6. The van der Waals surface area contributed by atoms with Crippen molar-refractivity contribution in [3.05, 3.63) is 0 Å². The van der Waals surface area contributed by atoms with E-state index in [9.17, 15) is 14.7 Å². The van der Waals surface area contributed by atoms with Crippen molar-refractivity contribution in [3.8, 4) is 0 Å². The van der Waals surface area contributed by atoms with Gasteiger partial charge in [0.25, 0.3) is 0 Å². The summed E-state index contributed by atoms with van der Waals surface area (Å²) in [5, 5.41) is 17.9. The third-order valence-corrected chi connectivity index (χ3v) is 7.18. The molecule has 0 aliphatic heterocycles. The van der Waals surface area contributed by atoms with Crippen LogP contribution in [0.3, 0.4) is 0 Å². The molecule has 0 aliphatic rings. The third kappa shape index (κ3) is 17.5. The lowest BCUT2D eigenvalue weighted by atomic mass is 9.70. The van der Waals surface area contributed by atoms with Gasteiger partial charge in [-0.05, 0) is 37.5 Å². The smallest absolute Gasteiger partial charge is 0.345 e. The zero-order valence-corrected chi connectivity index (χ0v) is 22.8. The SMILES string of the molecule is CCCCCCC(CCCCCC)(CCCCCC)CCCCCCC(=O)OC(=O)C(O)CO. The fourth-order valence-corrected chi connectivity index (χ4v) is 4.96. The molecule has 2 N–H and O–H groups in total. The van der Waals surface area contributed by atoms with Crippen molar-refractivity contribution in [2.45, 2.75) is 162 Å². The summed E-state index contributed by atoms with van der Waals surface area (Å²) in [4.78, 5) is 23.1. The number of hydrogen-bond acceptors (Lipinski definition) is 5. The van der Waals surface area contributed by atoms with E-state index in [4.69, 9.17) is 5.11 Å². The summed E-state index contributed by atoms with van der Waals surface area (Å²) in [5.41, 5.74) is 0.487. The molecule has 0 amide bonds. The zero-order valence-electron chi connectivity index (χ0n) is 22.8. The first kappa shape index (κ1) is 33.1. The fourth-order valence-electron chi connectivity index (χ4n) is 4.96. The Hall–Kier alpha value is -0.940. The van der Waals surface area contributed by atoms with Gasteiger partial charge in [-0.15, -0.1) is 0 Å². The molecule has 202 valence electrons. The average Bonchev–Trinajstić information content (AvgIpc) is 2.83. The second-order valence-corrected chi connectivity index (χ2v) is 10.3. The van der Waals surface area contributed by atoms with Crippen molar-refractivity contribution in [2.75, 3.05) is 6.61 Å². The second kappa shape index (κ2) is 22.5. The number of aliphatic hydroxyl groups excluding tert-OH is 2. The largest absolute Gasteiger partial charge is 0.393 e. The van der Waals surface area contributed by atoms with Crippen LogP contribution in [0.2, 0.25) is 0 Å². The maximum absolute atomic E-state index is 11.7. The number of rotatable bonds is 24. The summed E-state index contributed by atoms with van der Waals surface area (Å²) in [5.74, 6) is -1.68. The summed E-state index contributed by atoms with van der Waals surface area (Å²) in [7, 11) is 0. The van der Waals surface area contributed by atoms with E-state index in [1.807, 2.05) is 0 Å². The standard InChI is InChI=1S/C29H56O5/c1-4-7-10-16-21-29(22-17-11-8-5-2,23-18-12-9-6-3)24-19-14-13-15-20-27(32)34-28(33)26(31)25-30/h26,30-31H,4-25H2,1-3H3. The lowest BCUT2D eigenvalue weighted by Gasteiger charge is -2.35. The van der Waals surface area contributed by atoms with E-state index in [0.29, 0.717) is 11.8 Å². The zero-order chi connectivity index (χ0) is 25.5. The van der Waals surface area contributed by atoms with Gasteiger partial charge >= 0.3 is 11.9 Å². The van der Waals surface area contributed by atoms with Crippen LogP contribution in [0.25, 0.3) is 0 Å². The van der Waals surface area contributed by atoms with Crippen molar-refractivity contribution in [2.24, 2.45) is 5.41 Å². The van der Waals surface area contributed by atoms with Crippen molar-refractivity contribution in [1.82, 2.24) is 0 Å². The Kier molecular flexibility index (Phi) is 21.9. The van der Waals surface area contributed by atoms with E-state index in [1.165, 1.54) is 109 Å². The highest BCUT2D eigenvalue weighted by atomic mass is 16.6. The molecular formula is C29H56O5. The van der Waals surface area contributed by atoms with Crippen molar-refractivity contribution >= 4 is 11.9 Å². The number of esters is 2. The summed E-state index contributed by atoms with van der Waals surface area (Å²) in [6.07, 6.45) is 23.9. The van der Waals surface area contributed by atoms with E-state index >= 15 is 0 Å². The first-order valence-electron chi connectivity index (χ1n) is 14.5. The number of aliphatic hydroxyl groups is 2. The maximum Gasteiger partial charge on any atom is 0.345 e. The molecule has 0 bridgehead atoms. The quantitative estimate of drug-likeness (QED) is 0.0835. The van der Waals surface area contributed by atoms with Gasteiger partial charge in [-0.3, -0.25) is 4.79 Å². The predicted molar refractivity (Wildman–Crippen MR) is 141 cm³/mol. The molecule has 0 aromatic carbocycles. The predicted octanol–water partition coefficient (Wildman–Crippen LogP) is 7.65. The Bertz CT molecular complexity index is 460. The molecule has 0 aromatic rings. The van der Waals surface area contributed by atoms with E-state index in [-0.39, 0.29) is 6.42 Å². The molecule has 0 fully saturated rings. The highest BCUT2D eigenvalue weighted by Gasteiger charge is 2.28. The summed E-state index contributed by atoms with van der Waals surface area (Å²) in [6.45, 7) is 6.11. The van der Waals surface area contributed by atoms with Crippen LogP contribution in [-0.2, 0) is 14.3 Å². The molecule has 0 radical (unpaired) electrons. The van der Waals surface area contributed by atoms with Crippen molar-refractivity contribution < 1.29 is 24.5 Å². The Morgan fingerprint density at radius 2 is 1.03 bits per heavy atom. The molecule has 0 heterocycles. The first-order valence-corrected chi connectivity index (χ1v) is 14.5. The second-order valence-electron chi connectivity index (χ2n) is 10.3. The van der Waals surface area contributed by atoms with Crippen LogP contribution < -0.4 is 0 Å². The molecule has 0 aliphatic carbocycles.